The molecular formula is C38H22N4O2. The summed E-state index contributed by atoms with van der Waals surface area (Å²) in [4.78, 5) is 33.4. The third-order valence-corrected chi connectivity index (χ3v) is 8.29. The molecule has 8 rings (SSSR count). The molecule has 0 fully saturated rings. The van der Waals surface area contributed by atoms with E-state index in [1.807, 2.05) is 103 Å². The maximum Gasteiger partial charge on any atom is 0.268 e. The molecule has 1 aliphatic rings. The lowest BCUT2D eigenvalue weighted by Gasteiger charge is -2.15. The Morgan fingerprint density at radius 2 is 1.34 bits per heavy atom. The Bertz CT molecular complexity index is 2330. The fourth-order valence-electron chi connectivity index (χ4n) is 6.24. The lowest BCUT2D eigenvalue weighted by atomic mass is 10.0. The minimum atomic E-state index is -0.357. The van der Waals surface area contributed by atoms with E-state index in [1.54, 1.807) is 24.5 Å². The average molecular weight is 567 g/mol. The Kier molecular flexibility index (Phi) is 5.71. The fraction of sp³-hybridized carbons (Fsp3) is 0. The fourth-order valence-corrected chi connectivity index (χ4v) is 6.24. The van der Waals surface area contributed by atoms with Crippen LogP contribution in [0, 0.1) is 11.3 Å². The van der Waals surface area contributed by atoms with E-state index in [0.29, 0.717) is 28.1 Å². The molecule has 5 aromatic carbocycles. The summed E-state index contributed by atoms with van der Waals surface area (Å²) in [7, 11) is 0. The Hall–Kier alpha value is -6.32. The number of imide groups is 1. The molecule has 0 spiro atoms. The van der Waals surface area contributed by atoms with Crippen molar-refractivity contribution in [3.05, 3.63) is 150 Å². The summed E-state index contributed by atoms with van der Waals surface area (Å²) in [5.41, 5.74) is 7.94. The number of nitriles is 1. The summed E-state index contributed by atoms with van der Waals surface area (Å²) < 4.78 is 2.05. The van der Waals surface area contributed by atoms with E-state index in [0.717, 1.165) is 44.1 Å². The van der Waals surface area contributed by atoms with E-state index in [4.69, 9.17) is 0 Å². The van der Waals surface area contributed by atoms with Gasteiger partial charge in [0.05, 0.1) is 45.2 Å². The zero-order valence-electron chi connectivity index (χ0n) is 23.3. The number of amides is 2. The number of rotatable bonds is 4. The Labute approximate surface area is 252 Å². The van der Waals surface area contributed by atoms with Crippen molar-refractivity contribution >= 4 is 39.3 Å². The van der Waals surface area contributed by atoms with Crippen molar-refractivity contribution in [3.63, 3.8) is 0 Å². The van der Waals surface area contributed by atoms with Gasteiger partial charge in [0, 0.05) is 28.7 Å². The smallest absolute Gasteiger partial charge is 0.268 e. The molecule has 2 aromatic heterocycles. The van der Waals surface area contributed by atoms with Crippen LogP contribution in [-0.2, 0) is 0 Å². The van der Waals surface area contributed by atoms with Gasteiger partial charge in [-0.25, -0.2) is 4.90 Å². The summed E-state index contributed by atoms with van der Waals surface area (Å²) in [5.74, 6) is -0.701. The molecule has 0 unspecified atom stereocenters. The van der Waals surface area contributed by atoms with Gasteiger partial charge in [0.1, 0.15) is 0 Å². The molecule has 6 heteroatoms. The van der Waals surface area contributed by atoms with Crippen LogP contribution in [0.4, 0.5) is 5.69 Å². The van der Waals surface area contributed by atoms with Crippen molar-refractivity contribution in [2.24, 2.45) is 0 Å². The molecule has 0 saturated carbocycles. The highest BCUT2D eigenvalue weighted by molar-refractivity contribution is 6.35. The first-order valence-corrected chi connectivity index (χ1v) is 14.2. The van der Waals surface area contributed by atoms with Gasteiger partial charge in [0.2, 0.25) is 0 Å². The molecule has 0 saturated heterocycles. The zero-order valence-corrected chi connectivity index (χ0v) is 23.3. The minimum absolute atomic E-state index is 0.344. The van der Waals surface area contributed by atoms with E-state index in [2.05, 4.69) is 21.7 Å². The van der Waals surface area contributed by atoms with Gasteiger partial charge in [-0.3, -0.25) is 14.6 Å². The number of pyridine rings is 1. The highest BCUT2D eigenvalue weighted by Crippen LogP contribution is 2.39. The van der Waals surface area contributed by atoms with Gasteiger partial charge < -0.3 is 4.57 Å². The first kappa shape index (κ1) is 25.4. The van der Waals surface area contributed by atoms with Crippen LogP contribution in [0.3, 0.4) is 0 Å². The molecule has 6 nitrogen and oxygen atoms in total. The third-order valence-electron chi connectivity index (χ3n) is 8.29. The van der Waals surface area contributed by atoms with E-state index in [-0.39, 0.29) is 11.8 Å². The normalized spacial score (nSPS) is 12.6. The molecule has 7 aromatic rings. The van der Waals surface area contributed by atoms with Gasteiger partial charge in [-0.1, -0.05) is 72.8 Å². The monoisotopic (exact) mass is 566 g/mol. The predicted octanol–water partition coefficient (Wildman–Crippen LogP) is 8.18. The second kappa shape index (κ2) is 9.90. The van der Waals surface area contributed by atoms with E-state index < -0.39 is 0 Å². The van der Waals surface area contributed by atoms with Crippen LogP contribution in [0.5, 0.6) is 0 Å². The molecule has 0 aliphatic carbocycles. The van der Waals surface area contributed by atoms with Crippen LogP contribution in [0.1, 0.15) is 26.3 Å². The number of hydrogen-bond donors (Lipinski definition) is 0. The molecule has 3 heterocycles. The number of carbonyl (C=O) groups is 2. The molecule has 2 amide bonds. The number of benzene rings is 5. The standard InChI is InChI=1S/C38H22N4O2/c39-22-27-19-20-40-23-32(27)26-15-18-34-31(21-26)29-9-4-5-11-33(29)42(34)35-12-6-10-30-36(35)38(44)41(37(30)43)28-16-13-25(14-17-28)24-7-2-1-3-8-24/h1-21,23H. The molecule has 0 N–H and O–H groups in total. The third kappa shape index (κ3) is 3.77. The first-order chi connectivity index (χ1) is 21.6. The van der Waals surface area contributed by atoms with Crippen LogP contribution in [0.25, 0.3) is 49.7 Å². The largest absolute Gasteiger partial charge is 0.308 e. The molecule has 0 bridgehead atoms. The van der Waals surface area contributed by atoms with E-state index in [9.17, 15) is 14.9 Å². The molecule has 206 valence electrons. The Morgan fingerprint density at radius 3 is 2.16 bits per heavy atom. The van der Waals surface area contributed by atoms with Crippen molar-refractivity contribution in [2.75, 3.05) is 4.90 Å². The highest BCUT2D eigenvalue weighted by Gasteiger charge is 2.39. The summed E-state index contributed by atoms with van der Waals surface area (Å²) in [6.07, 6.45) is 3.32. The zero-order chi connectivity index (χ0) is 29.8. The van der Waals surface area contributed by atoms with E-state index >= 15 is 0 Å². The summed E-state index contributed by atoms with van der Waals surface area (Å²) >= 11 is 0. The van der Waals surface area contributed by atoms with Gasteiger partial charge in [0.15, 0.2) is 0 Å². The van der Waals surface area contributed by atoms with Crippen molar-refractivity contribution in [1.82, 2.24) is 9.55 Å². The lowest BCUT2D eigenvalue weighted by Crippen LogP contribution is -2.29. The van der Waals surface area contributed by atoms with Crippen molar-refractivity contribution in [3.8, 4) is 34.0 Å². The minimum Gasteiger partial charge on any atom is -0.308 e. The summed E-state index contributed by atoms with van der Waals surface area (Å²) in [5, 5.41) is 11.6. The molecule has 1 aliphatic heterocycles. The van der Waals surface area contributed by atoms with Gasteiger partial charge in [0.25, 0.3) is 11.8 Å². The number of nitrogens with zero attached hydrogens (tertiary/aromatic N) is 4. The number of fused-ring (bicyclic) bond motifs is 4. The molecule has 0 atom stereocenters. The first-order valence-electron chi connectivity index (χ1n) is 14.2. The number of anilines is 1. The van der Waals surface area contributed by atoms with Crippen LogP contribution in [0.2, 0.25) is 0 Å². The number of aromatic nitrogens is 2. The van der Waals surface area contributed by atoms with E-state index in [1.165, 1.54) is 4.90 Å². The number of para-hydroxylation sites is 1. The van der Waals surface area contributed by atoms with Gasteiger partial charge in [-0.05, 0) is 65.2 Å². The topological polar surface area (TPSA) is 79.0 Å². The van der Waals surface area contributed by atoms with Gasteiger partial charge in [-0.15, -0.1) is 0 Å². The lowest BCUT2D eigenvalue weighted by molar-refractivity contribution is 0.0926. The Balaban J connectivity index is 1.27. The van der Waals surface area contributed by atoms with Crippen molar-refractivity contribution in [2.45, 2.75) is 0 Å². The van der Waals surface area contributed by atoms with Gasteiger partial charge in [-0.2, -0.15) is 5.26 Å². The van der Waals surface area contributed by atoms with Crippen LogP contribution in [0.15, 0.2) is 134 Å². The second-order valence-electron chi connectivity index (χ2n) is 10.7. The number of hydrogen-bond acceptors (Lipinski definition) is 4. The van der Waals surface area contributed by atoms with Crippen molar-refractivity contribution < 1.29 is 9.59 Å². The summed E-state index contributed by atoms with van der Waals surface area (Å²) in [6, 6.07) is 40.9. The maximum atomic E-state index is 14.1. The molecular weight excluding hydrogens is 544 g/mol. The van der Waals surface area contributed by atoms with Crippen LogP contribution in [-0.4, -0.2) is 21.4 Å². The average Bonchev–Trinajstić information content (AvgIpc) is 3.55. The quantitative estimate of drug-likeness (QED) is 0.201. The highest BCUT2D eigenvalue weighted by atomic mass is 16.2. The predicted molar refractivity (Wildman–Crippen MR) is 172 cm³/mol. The molecule has 0 radical (unpaired) electrons. The molecule has 44 heavy (non-hydrogen) atoms. The SMILES string of the molecule is N#Cc1ccncc1-c1ccc2c(c1)c1ccccc1n2-c1cccc2c1C(=O)N(c1ccc(-c3ccccc3)cc1)C2=O. The van der Waals surface area contributed by atoms with Crippen molar-refractivity contribution in [1.29, 1.82) is 5.26 Å². The maximum absolute atomic E-state index is 14.1. The van der Waals surface area contributed by atoms with Crippen LogP contribution < -0.4 is 4.90 Å². The summed E-state index contributed by atoms with van der Waals surface area (Å²) in [6.45, 7) is 0. The van der Waals surface area contributed by atoms with Crippen LogP contribution >= 0.6 is 0 Å². The number of carbonyl (C=O) groups excluding carboxylic acids is 2. The second-order valence-corrected chi connectivity index (χ2v) is 10.7. The van der Waals surface area contributed by atoms with Gasteiger partial charge >= 0.3 is 0 Å². The Morgan fingerprint density at radius 1 is 0.614 bits per heavy atom.